The van der Waals surface area contributed by atoms with Crippen LogP contribution in [-0.4, -0.2) is 61.6 Å². The number of carbonyl (C=O) groups excluding carboxylic acids is 1. The normalized spacial score (nSPS) is 16.5. The first kappa shape index (κ1) is 22.1. The predicted molar refractivity (Wildman–Crippen MR) is 132 cm³/mol. The molecule has 1 fully saturated rings. The highest BCUT2D eigenvalue weighted by Crippen LogP contribution is 2.33. The molecule has 0 saturated carbocycles. The van der Waals surface area contributed by atoms with Gasteiger partial charge in [0.05, 0.1) is 17.6 Å². The van der Waals surface area contributed by atoms with Crippen LogP contribution in [0.1, 0.15) is 39.6 Å². The lowest BCUT2D eigenvalue weighted by Gasteiger charge is -2.34. The van der Waals surface area contributed by atoms with Crippen LogP contribution in [0, 0.1) is 5.82 Å². The van der Waals surface area contributed by atoms with Gasteiger partial charge in [-0.05, 0) is 55.5 Å². The van der Waals surface area contributed by atoms with Gasteiger partial charge in [-0.1, -0.05) is 6.07 Å². The zero-order valence-corrected chi connectivity index (χ0v) is 20.0. The Labute approximate surface area is 205 Å². The fourth-order valence-electron chi connectivity index (χ4n) is 4.97. The van der Waals surface area contributed by atoms with E-state index in [9.17, 15) is 14.0 Å². The lowest BCUT2D eigenvalue weighted by atomic mass is 9.97. The van der Waals surface area contributed by atoms with Gasteiger partial charge in [-0.15, -0.1) is 11.3 Å². The van der Waals surface area contributed by atoms with Crippen molar-refractivity contribution in [3.8, 4) is 5.69 Å². The first-order valence-electron chi connectivity index (χ1n) is 11.9. The molecule has 1 aromatic carbocycles. The molecule has 0 unspecified atom stereocenters. The van der Waals surface area contributed by atoms with E-state index in [0.717, 1.165) is 29.5 Å². The van der Waals surface area contributed by atoms with Crippen molar-refractivity contribution >= 4 is 27.5 Å². The van der Waals surface area contributed by atoms with E-state index in [1.165, 1.54) is 33.7 Å². The van der Waals surface area contributed by atoms with Crippen LogP contribution in [0.3, 0.4) is 0 Å². The Morgan fingerprint density at radius 1 is 1.11 bits per heavy atom. The van der Waals surface area contributed by atoms with Crippen molar-refractivity contribution in [2.24, 2.45) is 0 Å². The Bertz CT molecular complexity index is 1470. The first-order chi connectivity index (χ1) is 17.0. The van der Waals surface area contributed by atoms with Crippen LogP contribution >= 0.6 is 11.3 Å². The Hall–Kier alpha value is -3.37. The topological polar surface area (TPSA) is 87.1 Å². The maximum atomic E-state index is 13.5. The molecule has 0 radical (unpaired) electrons. The van der Waals surface area contributed by atoms with Crippen molar-refractivity contribution in [3.63, 3.8) is 0 Å². The molecule has 1 amide bonds. The summed E-state index contributed by atoms with van der Waals surface area (Å²) < 4.78 is 15.0. The van der Waals surface area contributed by atoms with E-state index >= 15 is 0 Å². The SMILES string of the molecule is O=C(c1ccn(-c2cccc(F)c2)n1)N1CCN(Cc2nc3sc4c(c3c(=O)[nH]2)CCCC4)CC1. The number of piperazine rings is 1. The van der Waals surface area contributed by atoms with E-state index in [4.69, 9.17) is 4.98 Å². The molecule has 1 aliphatic carbocycles. The molecule has 1 saturated heterocycles. The third kappa shape index (κ3) is 4.28. The minimum absolute atomic E-state index is 0.0351. The summed E-state index contributed by atoms with van der Waals surface area (Å²) in [5, 5.41) is 5.13. The number of carbonyl (C=O) groups is 1. The summed E-state index contributed by atoms with van der Waals surface area (Å²) in [4.78, 5) is 39.7. The zero-order valence-electron chi connectivity index (χ0n) is 19.2. The van der Waals surface area contributed by atoms with Gasteiger partial charge in [0.25, 0.3) is 11.5 Å². The quantitative estimate of drug-likeness (QED) is 0.473. The van der Waals surface area contributed by atoms with E-state index < -0.39 is 0 Å². The molecule has 10 heteroatoms. The number of aromatic nitrogens is 4. The number of aromatic amines is 1. The van der Waals surface area contributed by atoms with Gasteiger partial charge in [0.1, 0.15) is 16.5 Å². The number of thiophene rings is 1. The molecule has 1 N–H and O–H groups in total. The van der Waals surface area contributed by atoms with Crippen LogP contribution in [0.15, 0.2) is 41.3 Å². The van der Waals surface area contributed by atoms with Gasteiger partial charge in [-0.3, -0.25) is 14.5 Å². The second kappa shape index (κ2) is 9.01. The Morgan fingerprint density at radius 2 is 1.94 bits per heavy atom. The van der Waals surface area contributed by atoms with Crippen molar-refractivity contribution in [1.82, 2.24) is 29.5 Å². The van der Waals surface area contributed by atoms with Gasteiger partial charge < -0.3 is 9.88 Å². The summed E-state index contributed by atoms with van der Waals surface area (Å²) >= 11 is 1.66. The van der Waals surface area contributed by atoms with Crippen molar-refractivity contribution in [2.45, 2.75) is 32.2 Å². The van der Waals surface area contributed by atoms with Gasteiger partial charge in [-0.25, -0.2) is 14.1 Å². The maximum absolute atomic E-state index is 13.5. The van der Waals surface area contributed by atoms with Gasteiger partial charge in [-0.2, -0.15) is 5.10 Å². The molecular weight excluding hydrogens is 467 g/mol. The third-order valence-corrected chi connectivity index (χ3v) is 7.97. The molecule has 2 aliphatic rings. The Morgan fingerprint density at radius 3 is 2.77 bits per heavy atom. The van der Waals surface area contributed by atoms with Crippen LogP contribution in [0.5, 0.6) is 0 Å². The van der Waals surface area contributed by atoms with Crippen LogP contribution in [0.4, 0.5) is 4.39 Å². The van der Waals surface area contributed by atoms with Crippen molar-refractivity contribution < 1.29 is 9.18 Å². The molecule has 0 atom stereocenters. The number of nitrogens with one attached hydrogen (secondary N) is 1. The Balaban J connectivity index is 1.11. The van der Waals surface area contributed by atoms with Crippen molar-refractivity contribution in [3.05, 3.63) is 74.7 Å². The summed E-state index contributed by atoms with van der Waals surface area (Å²) in [5.74, 6) is 0.183. The van der Waals surface area contributed by atoms with Gasteiger partial charge in [0, 0.05) is 37.3 Å². The number of hydrogen-bond acceptors (Lipinski definition) is 6. The lowest BCUT2D eigenvalue weighted by molar-refractivity contribution is 0.0619. The molecule has 1 aliphatic heterocycles. The van der Waals surface area contributed by atoms with E-state index in [-0.39, 0.29) is 17.3 Å². The summed E-state index contributed by atoms with van der Waals surface area (Å²) in [7, 11) is 0. The molecule has 0 spiro atoms. The minimum Gasteiger partial charge on any atom is -0.335 e. The summed E-state index contributed by atoms with van der Waals surface area (Å²) in [6.07, 6.45) is 5.99. The largest absolute Gasteiger partial charge is 0.335 e. The van der Waals surface area contributed by atoms with Crippen LogP contribution in [0.2, 0.25) is 0 Å². The highest BCUT2D eigenvalue weighted by Gasteiger charge is 2.25. The van der Waals surface area contributed by atoms with Crippen LogP contribution in [-0.2, 0) is 19.4 Å². The molecule has 4 aromatic rings. The lowest BCUT2D eigenvalue weighted by Crippen LogP contribution is -2.48. The standard InChI is InChI=1S/C25H25FN6O2S/c26-16-4-3-5-17(14-16)32-9-8-19(29-32)25(34)31-12-10-30(11-13-31)15-21-27-23(33)22-18-6-1-2-7-20(18)35-24(22)28-21/h3-5,8-9,14H,1-2,6-7,10-13,15H2,(H,27,28,33). The maximum Gasteiger partial charge on any atom is 0.274 e. The molecule has 0 bridgehead atoms. The predicted octanol–water partition coefficient (Wildman–Crippen LogP) is 3.15. The van der Waals surface area contributed by atoms with Crippen LogP contribution < -0.4 is 5.56 Å². The van der Waals surface area contributed by atoms with E-state index in [1.807, 2.05) is 0 Å². The highest BCUT2D eigenvalue weighted by molar-refractivity contribution is 7.18. The third-order valence-electron chi connectivity index (χ3n) is 6.79. The second-order valence-electron chi connectivity index (χ2n) is 9.10. The number of halogens is 1. The number of amides is 1. The molecule has 8 nitrogen and oxygen atoms in total. The fraction of sp³-hybridized carbons (Fsp3) is 0.360. The molecule has 4 heterocycles. The molecule has 6 rings (SSSR count). The molecule has 3 aromatic heterocycles. The zero-order chi connectivity index (χ0) is 23.9. The van der Waals surface area contributed by atoms with E-state index in [2.05, 4.69) is 15.0 Å². The minimum atomic E-state index is -0.351. The monoisotopic (exact) mass is 492 g/mol. The average Bonchev–Trinajstić information content (AvgIpc) is 3.49. The summed E-state index contributed by atoms with van der Waals surface area (Å²) in [6.45, 7) is 3.03. The highest BCUT2D eigenvalue weighted by atomic mass is 32.1. The summed E-state index contributed by atoms with van der Waals surface area (Å²) in [6, 6.07) is 7.75. The number of hydrogen-bond donors (Lipinski definition) is 1. The molecule has 35 heavy (non-hydrogen) atoms. The molecule has 180 valence electrons. The second-order valence-corrected chi connectivity index (χ2v) is 10.2. The van der Waals surface area contributed by atoms with Gasteiger partial charge in [0.15, 0.2) is 5.69 Å². The number of nitrogens with zero attached hydrogens (tertiary/aromatic N) is 5. The van der Waals surface area contributed by atoms with Gasteiger partial charge in [0.2, 0.25) is 0 Å². The number of rotatable bonds is 4. The number of aryl methyl sites for hydroxylation is 2. The van der Waals surface area contributed by atoms with Gasteiger partial charge >= 0.3 is 0 Å². The Kier molecular flexibility index (Phi) is 5.69. The number of H-pyrrole nitrogens is 1. The van der Waals surface area contributed by atoms with E-state index in [1.54, 1.807) is 40.6 Å². The smallest absolute Gasteiger partial charge is 0.274 e. The van der Waals surface area contributed by atoms with E-state index in [0.29, 0.717) is 49.9 Å². The average molecular weight is 493 g/mol. The van der Waals surface area contributed by atoms with Crippen molar-refractivity contribution in [1.29, 1.82) is 0 Å². The van der Waals surface area contributed by atoms with Crippen LogP contribution in [0.25, 0.3) is 15.9 Å². The first-order valence-corrected chi connectivity index (χ1v) is 12.7. The fourth-order valence-corrected chi connectivity index (χ4v) is 6.25. The van der Waals surface area contributed by atoms with Crippen molar-refractivity contribution in [2.75, 3.05) is 26.2 Å². The molecular formula is C25H25FN6O2S. The number of fused-ring (bicyclic) bond motifs is 3. The number of benzene rings is 1. The summed E-state index contributed by atoms with van der Waals surface area (Å²) in [5.41, 5.74) is 2.07.